The van der Waals surface area contributed by atoms with Crippen LogP contribution in [0, 0.1) is 11.3 Å². The van der Waals surface area contributed by atoms with Crippen molar-refractivity contribution in [2.24, 2.45) is 0 Å². The average Bonchev–Trinajstić information content (AvgIpc) is 2.52. The summed E-state index contributed by atoms with van der Waals surface area (Å²) >= 11 is 0. The van der Waals surface area contributed by atoms with E-state index in [1.54, 1.807) is 0 Å². The molecule has 2 rings (SSSR count). The second-order valence-electron chi connectivity index (χ2n) is 8.58. The van der Waals surface area contributed by atoms with E-state index < -0.39 is 0 Å². The molecule has 0 aromatic heterocycles. The lowest BCUT2D eigenvalue weighted by Gasteiger charge is -2.28. The number of nitriles is 1. The van der Waals surface area contributed by atoms with E-state index in [0.29, 0.717) is 17.9 Å². The summed E-state index contributed by atoms with van der Waals surface area (Å²) in [5.74, 6) is 0.393. The molecule has 132 valence electrons. The van der Waals surface area contributed by atoms with Crippen molar-refractivity contribution in [1.29, 1.82) is 5.26 Å². The summed E-state index contributed by atoms with van der Waals surface area (Å²) in [6.07, 6.45) is 0. The van der Waals surface area contributed by atoms with E-state index in [9.17, 15) is 5.11 Å². The Hall–Kier alpha value is -2.47. The first kappa shape index (κ1) is 18.9. The lowest BCUT2D eigenvalue weighted by molar-refractivity contribution is 0.423. The van der Waals surface area contributed by atoms with Crippen molar-refractivity contribution in [3.8, 4) is 11.8 Å². The number of aromatic hydroxyl groups is 1. The molecule has 0 fully saturated rings. The lowest BCUT2D eigenvalue weighted by Crippen LogP contribution is -2.18. The fraction of sp³-hybridized carbons (Fsp3) is 0.409. The van der Waals surface area contributed by atoms with Crippen LogP contribution in [0.5, 0.6) is 5.75 Å². The molecule has 0 radical (unpaired) electrons. The van der Waals surface area contributed by atoms with Gasteiger partial charge in [0.15, 0.2) is 0 Å². The summed E-state index contributed by atoms with van der Waals surface area (Å²) in [5.41, 5.74) is 4.38. The second kappa shape index (κ2) is 6.80. The highest BCUT2D eigenvalue weighted by Crippen LogP contribution is 2.41. The number of phenolic OH excluding ortho intramolecular Hbond substituents is 1. The van der Waals surface area contributed by atoms with Gasteiger partial charge in [-0.05, 0) is 40.7 Å². The zero-order valence-corrected chi connectivity index (χ0v) is 16.1. The van der Waals surface area contributed by atoms with E-state index in [2.05, 4.69) is 52.9 Å². The number of anilines is 1. The van der Waals surface area contributed by atoms with E-state index in [0.717, 1.165) is 22.4 Å². The van der Waals surface area contributed by atoms with Crippen LogP contribution in [0.15, 0.2) is 36.4 Å². The molecule has 0 atom stereocenters. The van der Waals surface area contributed by atoms with Gasteiger partial charge in [-0.1, -0.05) is 53.7 Å². The standard InChI is InChI=1S/C22H28N2O/c1-21(2,3)18-11-17(12-19(20(18)25)22(4,5)6)24-14-16-9-7-15(13-23)8-10-16/h7-12,24-25H,14H2,1-6H3. The third kappa shape index (κ3) is 4.54. The SMILES string of the molecule is CC(C)(C)c1cc(NCc2ccc(C#N)cc2)cc(C(C)(C)C)c1O. The van der Waals surface area contributed by atoms with Crippen LogP contribution in [0.25, 0.3) is 0 Å². The molecular weight excluding hydrogens is 308 g/mol. The molecule has 0 aliphatic carbocycles. The normalized spacial score (nSPS) is 11.9. The predicted octanol–water partition coefficient (Wildman–Crippen LogP) is 5.47. The van der Waals surface area contributed by atoms with Gasteiger partial charge in [0.2, 0.25) is 0 Å². The quantitative estimate of drug-likeness (QED) is 0.731. The first-order valence-corrected chi connectivity index (χ1v) is 8.63. The Morgan fingerprint density at radius 3 is 1.80 bits per heavy atom. The van der Waals surface area contributed by atoms with Crippen LogP contribution >= 0.6 is 0 Å². The molecule has 0 aliphatic heterocycles. The van der Waals surface area contributed by atoms with Crippen molar-refractivity contribution in [3.63, 3.8) is 0 Å². The van der Waals surface area contributed by atoms with Crippen molar-refractivity contribution in [1.82, 2.24) is 0 Å². The van der Waals surface area contributed by atoms with Gasteiger partial charge in [-0.15, -0.1) is 0 Å². The first-order valence-electron chi connectivity index (χ1n) is 8.63. The summed E-state index contributed by atoms with van der Waals surface area (Å²) in [7, 11) is 0. The molecule has 3 heteroatoms. The molecule has 0 amide bonds. The molecule has 0 saturated heterocycles. The minimum absolute atomic E-state index is 0.143. The molecule has 2 aromatic rings. The Kier molecular flexibility index (Phi) is 5.13. The largest absolute Gasteiger partial charge is 0.507 e. The smallest absolute Gasteiger partial charge is 0.123 e. The maximum Gasteiger partial charge on any atom is 0.123 e. The molecule has 0 saturated carbocycles. The molecule has 0 spiro atoms. The minimum atomic E-state index is -0.143. The average molecular weight is 336 g/mol. The third-order valence-corrected chi connectivity index (χ3v) is 4.31. The van der Waals surface area contributed by atoms with Crippen LogP contribution in [0.1, 0.15) is 63.8 Å². The van der Waals surface area contributed by atoms with Crippen molar-refractivity contribution >= 4 is 5.69 Å². The summed E-state index contributed by atoms with van der Waals surface area (Å²) < 4.78 is 0. The Morgan fingerprint density at radius 1 is 0.920 bits per heavy atom. The molecule has 2 aromatic carbocycles. The molecule has 0 bridgehead atoms. The topological polar surface area (TPSA) is 56.0 Å². The number of nitrogens with zero attached hydrogens (tertiary/aromatic N) is 1. The van der Waals surface area contributed by atoms with Gasteiger partial charge < -0.3 is 10.4 Å². The maximum atomic E-state index is 10.8. The fourth-order valence-corrected chi connectivity index (χ4v) is 2.78. The highest BCUT2D eigenvalue weighted by Gasteiger charge is 2.26. The monoisotopic (exact) mass is 336 g/mol. The summed E-state index contributed by atoms with van der Waals surface area (Å²) in [6.45, 7) is 13.3. The van der Waals surface area contributed by atoms with Gasteiger partial charge in [0.1, 0.15) is 5.75 Å². The molecule has 2 N–H and O–H groups in total. The molecule has 0 aliphatic rings. The predicted molar refractivity (Wildman–Crippen MR) is 104 cm³/mol. The van der Waals surface area contributed by atoms with E-state index in [1.165, 1.54) is 0 Å². The van der Waals surface area contributed by atoms with Crippen LogP contribution in [0.2, 0.25) is 0 Å². The van der Waals surface area contributed by atoms with E-state index in [-0.39, 0.29) is 10.8 Å². The first-order chi connectivity index (χ1) is 11.5. The number of phenols is 1. The van der Waals surface area contributed by atoms with Crippen LogP contribution in [-0.4, -0.2) is 5.11 Å². The molecule has 0 heterocycles. The third-order valence-electron chi connectivity index (χ3n) is 4.31. The van der Waals surface area contributed by atoms with E-state index >= 15 is 0 Å². The molecule has 25 heavy (non-hydrogen) atoms. The number of hydrogen-bond donors (Lipinski definition) is 2. The fourth-order valence-electron chi connectivity index (χ4n) is 2.78. The molecular formula is C22H28N2O. The zero-order valence-electron chi connectivity index (χ0n) is 16.1. The van der Waals surface area contributed by atoms with Gasteiger partial charge in [0.05, 0.1) is 11.6 Å². The Labute approximate surface area is 151 Å². The Morgan fingerprint density at radius 2 is 1.40 bits per heavy atom. The highest BCUT2D eigenvalue weighted by atomic mass is 16.3. The van der Waals surface area contributed by atoms with Crippen LogP contribution < -0.4 is 5.32 Å². The van der Waals surface area contributed by atoms with Crippen molar-refractivity contribution in [3.05, 3.63) is 58.7 Å². The van der Waals surface area contributed by atoms with Gasteiger partial charge in [-0.2, -0.15) is 5.26 Å². The van der Waals surface area contributed by atoms with Crippen LogP contribution in [0.3, 0.4) is 0 Å². The van der Waals surface area contributed by atoms with Gasteiger partial charge in [-0.3, -0.25) is 0 Å². The number of hydrogen-bond acceptors (Lipinski definition) is 3. The summed E-state index contributed by atoms with van der Waals surface area (Å²) in [6, 6.07) is 13.8. The maximum absolute atomic E-state index is 10.8. The van der Waals surface area contributed by atoms with Gasteiger partial charge in [-0.25, -0.2) is 0 Å². The minimum Gasteiger partial charge on any atom is -0.507 e. The number of rotatable bonds is 3. The second-order valence-corrected chi connectivity index (χ2v) is 8.58. The van der Waals surface area contributed by atoms with Crippen LogP contribution in [-0.2, 0) is 17.4 Å². The Balaban J connectivity index is 2.35. The van der Waals surface area contributed by atoms with Crippen molar-refractivity contribution in [2.75, 3.05) is 5.32 Å². The number of nitrogens with one attached hydrogen (secondary N) is 1. The lowest BCUT2D eigenvalue weighted by atomic mass is 9.79. The zero-order chi connectivity index (χ0) is 18.8. The van der Waals surface area contributed by atoms with Gasteiger partial charge in [0, 0.05) is 23.4 Å². The van der Waals surface area contributed by atoms with E-state index in [4.69, 9.17) is 5.26 Å². The number of benzene rings is 2. The van der Waals surface area contributed by atoms with Crippen LogP contribution in [0.4, 0.5) is 5.69 Å². The van der Waals surface area contributed by atoms with Crippen molar-refractivity contribution < 1.29 is 5.11 Å². The summed E-state index contributed by atoms with van der Waals surface area (Å²) in [4.78, 5) is 0. The van der Waals surface area contributed by atoms with E-state index in [1.807, 2.05) is 36.4 Å². The van der Waals surface area contributed by atoms with Gasteiger partial charge >= 0.3 is 0 Å². The molecule has 3 nitrogen and oxygen atoms in total. The molecule has 0 unspecified atom stereocenters. The van der Waals surface area contributed by atoms with Gasteiger partial charge in [0.25, 0.3) is 0 Å². The Bertz CT molecular complexity index is 750. The summed E-state index contributed by atoms with van der Waals surface area (Å²) in [5, 5.41) is 23.1. The highest BCUT2D eigenvalue weighted by molar-refractivity contribution is 5.59. The van der Waals surface area contributed by atoms with Crippen molar-refractivity contribution in [2.45, 2.75) is 58.9 Å².